The molecule has 0 fully saturated rings. The van der Waals surface area contributed by atoms with Crippen molar-refractivity contribution in [1.82, 2.24) is 4.90 Å². The highest BCUT2D eigenvalue weighted by Crippen LogP contribution is 2.13. The smallest absolute Gasteiger partial charge is 0.410 e. The molecule has 0 radical (unpaired) electrons. The number of carbonyl (C=O) groups is 2. The lowest BCUT2D eigenvalue weighted by Gasteiger charge is -2.22. The predicted molar refractivity (Wildman–Crippen MR) is 148 cm³/mol. The quantitative estimate of drug-likeness (QED) is 0.0931. The highest BCUT2D eigenvalue weighted by atomic mass is 16.6. The van der Waals surface area contributed by atoms with Gasteiger partial charge in [-0.1, -0.05) is 136 Å². The van der Waals surface area contributed by atoms with E-state index in [0.29, 0.717) is 13.2 Å². The van der Waals surface area contributed by atoms with Crippen molar-refractivity contribution in [2.24, 2.45) is 0 Å². The third kappa shape index (κ3) is 21.7. The Hall–Kier alpha value is -1.26. The topological polar surface area (TPSA) is 55.8 Å². The van der Waals surface area contributed by atoms with Gasteiger partial charge in [-0.25, -0.2) is 9.59 Å². The molecule has 0 aromatic rings. The van der Waals surface area contributed by atoms with E-state index in [0.717, 1.165) is 25.7 Å². The fourth-order valence-electron chi connectivity index (χ4n) is 4.23. The molecule has 0 heterocycles. The van der Waals surface area contributed by atoms with Crippen LogP contribution >= 0.6 is 0 Å². The van der Waals surface area contributed by atoms with Crippen LogP contribution in [0.25, 0.3) is 0 Å². The Morgan fingerprint density at radius 1 is 0.543 bits per heavy atom. The van der Waals surface area contributed by atoms with Gasteiger partial charge in [0, 0.05) is 7.05 Å². The van der Waals surface area contributed by atoms with Crippen molar-refractivity contribution < 1.29 is 19.1 Å². The Balaban J connectivity index is 3.59. The summed E-state index contributed by atoms with van der Waals surface area (Å²) in [4.78, 5) is 25.8. The number of hydrogen-bond acceptors (Lipinski definition) is 4. The Morgan fingerprint density at radius 3 is 1.23 bits per heavy atom. The van der Waals surface area contributed by atoms with Crippen LogP contribution in [0.3, 0.4) is 0 Å². The Bertz CT molecular complexity index is 483. The zero-order chi connectivity index (χ0) is 26.0. The molecule has 35 heavy (non-hydrogen) atoms. The van der Waals surface area contributed by atoms with Gasteiger partial charge in [-0.05, 0) is 19.8 Å². The predicted octanol–water partition coefficient (Wildman–Crippen LogP) is 9.22. The van der Waals surface area contributed by atoms with Crippen molar-refractivity contribution in [2.45, 2.75) is 162 Å². The van der Waals surface area contributed by atoms with Gasteiger partial charge in [0.25, 0.3) is 0 Å². The van der Waals surface area contributed by atoms with Crippen molar-refractivity contribution in [3.8, 4) is 0 Å². The number of nitrogens with zero attached hydrogens (tertiary/aromatic N) is 1. The van der Waals surface area contributed by atoms with E-state index < -0.39 is 12.1 Å². The second kappa shape index (κ2) is 25.8. The molecular weight excluding hydrogens is 438 g/mol. The van der Waals surface area contributed by atoms with E-state index in [1.807, 2.05) is 0 Å². The molecule has 0 saturated heterocycles. The minimum Gasteiger partial charge on any atom is -0.464 e. The largest absolute Gasteiger partial charge is 0.464 e. The summed E-state index contributed by atoms with van der Waals surface area (Å²) < 4.78 is 10.7. The maximum Gasteiger partial charge on any atom is 0.410 e. The van der Waals surface area contributed by atoms with E-state index in [1.165, 1.54) is 114 Å². The summed E-state index contributed by atoms with van der Waals surface area (Å²) in [6, 6.07) is -0.622. The van der Waals surface area contributed by atoms with Crippen LogP contribution in [0.2, 0.25) is 0 Å². The number of ether oxygens (including phenoxy) is 2. The lowest BCUT2D eigenvalue weighted by atomic mass is 10.0. The lowest BCUT2D eigenvalue weighted by molar-refractivity contribution is -0.148. The first-order chi connectivity index (χ1) is 17.0. The molecular formula is C30H59NO4. The number of likely N-dealkylation sites (N-methyl/N-ethyl adjacent to an activating group) is 1. The molecule has 208 valence electrons. The second-order valence-electron chi connectivity index (χ2n) is 10.3. The van der Waals surface area contributed by atoms with Crippen LogP contribution in [0.1, 0.15) is 156 Å². The number of rotatable bonds is 25. The normalized spacial score (nSPS) is 11.9. The average molecular weight is 498 g/mol. The monoisotopic (exact) mass is 497 g/mol. The SMILES string of the molecule is CCCCCCCCCCCCCCCOC(=O)C(C)N(C)C(=O)OCCCCCCCCCC. The molecule has 1 atom stereocenters. The first-order valence-electron chi connectivity index (χ1n) is 15.1. The van der Waals surface area contributed by atoms with E-state index in [4.69, 9.17) is 9.47 Å². The molecule has 5 nitrogen and oxygen atoms in total. The summed E-state index contributed by atoms with van der Waals surface area (Å²) in [6.45, 7) is 7.04. The van der Waals surface area contributed by atoms with E-state index in [1.54, 1.807) is 14.0 Å². The summed E-state index contributed by atoms with van der Waals surface area (Å²) >= 11 is 0. The number of unbranched alkanes of at least 4 members (excludes halogenated alkanes) is 19. The van der Waals surface area contributed by atoms with E-state index >= 15 is 0 Å². The Kier molecular flexibility index (Phi) is 24.9. The first-order valence-corrected chi connectivity index (χ1v) is 15.1. The molecule has 5 heteroatoms. The Morgan fingerprint density at radius 2 is 0.857 bits per heavy atom. The minimum atomic E-state index is -0.622. The van der Waals surface area contributed by atoms with Crippen LogP contribution in [0.5, 0.6) is 0 Å². The molecule has 0 saturated carbocycles. The second-order valence-corrected chi connectivity index (χ2v) is 10.3. The van der Waals surface area contributed by atoms with Gasteiger partial charge in [-0.2, -0.15) is 0 Å². The van der Waals surface area contributed by atoms with Gasteiger partial charge in [-0.15, -0.1) is 0 Å². The molecule has 0 N–H and O–H groups in total. The van der Waals surface area contributed by atoms with Crippen LogP contribution in [0.15, 0.2) is 0 Å². The van der Waals surface area contributed by atoms with Gasteiger partial charge < -0.3 is 9.47 Å². The molecule has 1 amide bonds. The van der Waals surface area contributed by atoms with Crippen molar-refractivity contribution in [1.29, 1.82) is 0 Å². The fraction of sp³-hybridized carbons (Fsp3) is 0.933. The summed E-state index contributed by atoms with van der Waals surface area (Å²) in [6.07, 6.45) is 26.0. The number of carbonyl (C=O) groups excluding carboxylic acids is 2. The molecule has 0 aromatic carbocycles. The third-order valence-corrected chi connectivity index (χ3v) is 6.93. The highest BCUT2D eigenvalue weighted by Gasteiger charge is 2.24. The number of esters is 1. The Labute approximate surface area is 218 Å². The molecule has 0 aliphatic rings. The zero-order valence-corrected chi connectivity index (χ0v) is 23.9. The summed E-state index contributed by atoms with van der Waals surface area (Å²) in [7, 11) is 1.60. The molecule has 1 unspecified atom stereocenters. The molecule has 0 aliphatic carbocycles. The van der Waals surface area contributed by atoms with Crippen molar-refractivity contribution in [2.75, 3.05) is 20.3 Å². The first kappa shape index (κ1) is 33.7. The molecule has 0 spiro atoms. The number of amides is 1. The van der Waals surface area contributed by atoms with Gasteiger partial charge in [0.15, 0.2) is 0 Å². The van der Waals surface area contributed by atoms with Crippen molar-refractivity contribution in [3.63, 3.8) is 0 Å². The lowest BCUT2D eigenvalue weighted by Crippen LogP contribution is -2.41. The van der Waals surface area contributed by atoms with Gasteiger partial charge in [0.2, 0.25) is 0 Å². The van der Waals surface area contributed by atoms with Crippen molar-refractivity contribution >= 4 is 12.1 Å². The number of hydrogen-bond donors (Lipinski definition) is 0. The highest BCUT2D eigenvalue weighted by molar-refractivity contribution is 5.80. The summed E-state index contributed by atoms with van der Waals surface area (Å²) in [5.74, 6) is -0.351. The van der Waals surface area contributed by atoms with Crippen LogP contribution in [0, 0.1) is 0 Å². The van der Waals surface area contributed by atoms with E-state index in [-0.39, 0.29) is 5.97 Å². The van der Waals surface area contributed by atoms with Gasteiger partial charge in [0.05, 0.1) is 13.2 Å². The fourth-order valence-corrected chi connectivity index (χ4v) is 4.23. The van der Waals surface area contributed by atoms with Crippen LogP contribution < -0.4 is 0 Å². The van der Waals surface area contributed by atoms with Gasteiger partial charge in [0.1, 0.15) is 6.04 Å². The van der Waals surface area contributed by atoms with E-state index in [9.17, 15) is 9.59 Å². The molecule has 0 bridgehead atoms. The molecule has 0 aromatic heterocycles. The minimum absolute atomic E-state index is 0.351. The van der Waals surface area contributed by atoms with Crippen molar-refractivity contribution in [3.05, 3.63) is 0 Å². The van der Waals surface area contributed by atoms with Crippen LogP contribution in [-0.4, -0.2) is 43.3 Å². The van der Waals surface area contributed by atoms with Crippen LogP contribution in [0.4, 0.5) is 4.79 Å². The zero-order valence-electron chi connectivity index (χ0n) is 23.9. The third-order valence-electron chi connectivity index (χ3n) is 6.93. The summed E-state index contributed by atoms with van der Waals surface area (Å²) in [5.41, 5.74) is 0. The summed E-state index contributed by atoms with van der Waals surface area (Å²) in [5, 5.41) is 0. The van der Waals surface area contributed by atoms with Gasteiger partial charge >= 0.3 is 12.1 Å². The van der Waals surface area contributed by atoms with Crippen LogP contribution in [-0.2, 0) is 14.3 Å². The van der Waals surface area contributed by atoms with Gasteiger partial charge in [-0.3, -0.25) is 4.90 Å². The standard InChI is InChI=1S/C30H59NO4/c1-5-7-9-11-13-15-16-17-18-19-21-22-24-26-34-29(32)28(3)31(4)30(33)35-27-25-23-20-14-12-10-8-6-2/h28H,5-27H2,1-4H3. The molecule has 0 aliphatic heterocycles. The van der Waals surface area contributed by atoms with E-state index in [2.05, 4.69) is 13.8 Å². The maximum absolute atomic E-state index is 12.3. The maximum atomic E-state index is 12.3. The average Bonchev–Trinajstić information content (AvgIpc) is 2.86. The molecule has 0 rings (SSSR count).